The summed E-state index contributed by atoms with van der Waals surface area (Å²) in [7, 11) is -2.66. The Bertz CT molecular complexity index is 1160. The fourth-order valence-electron chi connectivity index (χ4n) is 3.95. The van der Waals surface area contributed by atoms with Crippen LogP contribution in [0.1, 0.15) is 36.4 Å². The number of amides is 1. The number of rotatable bonds is 8. The van der Waals surface area contributed by atoms with E-state index in [1.807, 2.05) is 30.3 Å². The van der Waals surface area contributed by atoms with Crippen LogP contribution >= 0.6 is 0 Å². The molecule has 0 saturated carbocycles. The molecule has 0 bridgehead atoms. The first-order valence-corrected chi connectivity index (χ1v) is 12.2. The molecule has 1 N–H and O–H groups in total. The molecule has 1 amide bonds. The van der Waals surface area contributed by atoms with Crippen molar-refractivity contribution < 1.29 is 27.7 Å². The summed E-state index contributed by atoms with van der Waals surface area (Å²) < 4.78 is 32.3. The van der Waals surface area contributed by atoms with E-state index < -0.39 is 32.9 Å². The molecule has 1 heterocycles. The van der Waals surface area contributed by atoms with Gasteiger partial charge in [0.25, 0.3) is 5.69 Å². The van der Waals surface area contributed by atoms with Gasteiger partial charge in [-0.2, -0.15) is 4.31 Å². The molecule has 0 radical (unpaired) electrons. The summed E-state index contributed by atoms with van der Waals surface area (Å²) in [6, 6.07) is 12.3. The van der Waals surface area contributed by atoms with Crippen molar-refractivity contribution in [2.45, 2.75) is 37.1 Å². The van der Waals surface area contributed by atoms with Gasteiger partial charge in [-0.25, -0.2) is 8.42 Å². The average Bonchev–Trinajstić information content (AvgIpc) is 2.84. The fourth-order valence-corrected chi connectivity index (χ4v) is 5.67. The van der Waals surface area contributed by atoms with Crippen molar-refractivity contribution in [1.82, 2.24) is 9.62 Å². The molecule has 182 valence electrons. The number of sulfonamides is 1. The van der Waals surface area contributed by atoms with Gasteiger partial charge >= 0.3 is 5.97 Å². The van der Waals surface area contributed by atoms with Crippen molar-refractivity contribution in [3.8, 4) is 0 Å². The molecule has 1 aliphatic heterocycles. The maximum absolute atomic E-state index is 13.1. The summed E-state index contributed by atoms with van der Waals surface area (Å²) in [6.07, 6.45) is 0.559. The summed E-state index contributed by atoms with van der Waals surface area (Å²) in [5.41, 5.74) is 0.886. The third kappa shape index (κ3) is 5.78. The molecule has 1 saturated heterocycles. The number of esters is 1. The first-order valence-electron chi connectivity index (χ1n) is 10.8. The largest absolute Gasteiger partial charge is 0.469 e. The summed E-state index contributed by atoms with van der Waals surface area (Å²) in [6.45, 7) is 1.80. The van der Waals surface area contributed by atoms with Crippen molar-refractivity contribution in [3.63, 3.8) is 0 Å². The number of hydrogen-bond acceptors (Lipinski definition) is 7. The van der Waals surface area contributed by atoms with Crippen molar-refractivity contribution in [2.24, 2.45) is 5.92 Å². The topological polar surface area (TPSA) is 136 Å². The van der Waals surface area contributed by atoms with Crippen LogP contribution in [0, 0.1) is 23.0 Å². The van der Waals surface area contributed by atoms with Gasteiger partial charge in [0.05, 0.1) is 29.4 Å². The van der Waals surface area contributed by atoms with E-state index in [9.17, 15) is 28.1 Å². The van der Waals surface area contributed by atoms with Gasteiger partial charge in [0.1, 0.15) is 0 Å². The molecular weight excluding hydrogens is 462 g/mol. The van der Waals surface area contributed by atoms with E-state index >= 15 is 0 Å². The van der Waals surface area contributed by atoms with Gasteiger partial charge in [0, 0.05) is 31.1 Å². The molecule has 1 atom stereocenters. The molecular formula is C23H27N3O7S. The zero-order valence-corrected chi connectivity index (χ0v) is 19.8. The molecule has 3 rings (SSSR count). The quantitative estimate of drug-likeness (QED) is 0.342. The number of non-ortho nitro benzene ring substituents is 1. The lowest BCUT2D eigenvalue weighted by atomic mass is 9.95. The minimum absolute atomic E-state index is 0.0223. The zero-order valence-electron chi connectivity index (χ0n) is 19.0. The summed E-state index contributed by atoms with van der Waals surface area (Å²) >= 11 is 0. The number of nitro groups is 1. The Balaban J connectivity index is 1.69. The van der Waals surface area contributed by atoms with E-state index in [1.54, 1.807) is 6.92 Å². The van der Waals surface area contributed by atoms with Crippen LogP contribution in [0.5, 0.6) is 0 Å². The molecule has 2 aromatic rings. The van der Waals surface area contributed by atoms with Crippen molar-refractivity contribution >= 4 is 27.6 Å². The molecule has 2 aromatic carbocycles. The van der Waals surface area contributed by atoms with Gasteiger partial charge < -0.3 is 10.1 Å². The molecule has 0 aliphatic carbocycles. The Morgan fingerprint density at radius 2 is 1.82 bits per heavy atom. The van der Waals surface area contributed by atoms with E-state index in [0.717, 1.165) is 11.6 Å². The lowest BCUT2D eigenvalue weighted by Crippen LogP contribution is -2.44. The molecule has 11 heteroatoms. The first-order chi connectivity index (χ1) is 16.1. The normalized spacial score (nSPS) is 15.9. The number of methoxy groups -OCH3 is 1. The van der Waals surface area contributed by atoms with Crippen LogP contribution in [0.2, 0.25) is 0 Å². The third-order valence-electron chi connectivity index (χ3n) is 5.94. The summed E-state index contributed by atoms with van der Waals surface area (Å²) in [4.78, 5) is 35.1. The van der Waals surface area contributed by atoms with Crippen LogP contribution in [0.3, 0.4) is 0 Å². The highest BCUT2D eigenvalue weighted by Crippen LogP contribution is 2.29. The van der Waals surface area contributed by atoms with Crippen molar-refractivity contribution in [3.05, 3.63) is 69.8 Å². The van der Waals surface area contributed by atoms with Crippen LogP contribution < -0.4 is 5.32 Å². The van der Waals surface area contributed by atoms with Crippen molar-refractivity contribution in [1.29, 1.82) is 0 Å². The number of nitrogens with zero attached hydrogens (tertiary/aromatic N) is 2. The van der Waals surface area contributed by atoms with Crippen LogP contribution in [-0.4, -0.2) is 49.7 Å². The number of nitro benzene ring substituents is 1. The Hall–Kier alpha value is -3.31. The van der Waals surface area contributed by atoms with E-state index in [-0.39, 0.29) is 36.0 Å². The number of aryl methyl sites for hydroxylation is 1. The van der Waals surface area contributed by atoms with Crippen LogP contribution in [0.4, 0.5) is 5.69 Å². The number of carbonyl (C=O) groups is 2. The lowest BCUT2D eigenvalue weighted by Gasteiger charge is -2.31. The molecule has 0 aromatic heterocycles. The second-order valence-corrected chi connectivity index (χ2v) is 10.0. The van der Waals surface area contributed by atoms with Gasteiger partial charge in [-0.1, -0.05) is 36.4 Å². The Labute approximate surface area is 198 Å². The molecule has 0 spiro atoms. The second kappa shape index (κ2) is 10.7. The smallest absolute Gasteiger partial charge is 0.307 e. The second-order valence-electron chi connectivity index (χ2n) is 8.14. The monoisotopic (exact) mass is 489 g/mol. The van der Waals surface area contributed by atoms with Gasteiger partial charge in [-0.3, -0.25) is 19.7 Å². The van der Waals surface area contributed by atoms with Crippen LogP contribution in [-0.2, 0) is 24.3 Å². The fraction of sp³-hybridized carbons (Fsp3) is 0.391. The predicted molar refractivity (Wildman–Crippen MR) is 123 cm³/mol. The highest BCUT2D eigenvalue weighted by molar-refractivity contribution is 7.89. The van der Waals surface area contributed by atoms with Gasteiger partial charge in [-0.15, -0.1) is 0 Å². The Kier molecular flexibility index (Phi) is 8.00. The number of hydrogen-bond donors (Lipinski definition) is 1. The average molecular weight is 490 g/mol. The zero-order chi connectivity index (χ0) is 24.9. The van der Waals surface area contributed by atoms with Gasteiger partial charge in [0.15, 0.2) is 0 Å². The van der Waals surface area contributed by atoms with Crippen LogP contribution in [0.15, 0.2) is 53.4 Å². The molecule has 34 heavy (non-hydrogen) atoms. The minimum Gasteiger partial charge on any atom is -0.469 e. The maximum atomic E-state index is 13.1. The molecule has 1 unspecified atom stereocenters. The predicted octanol–water partition coefficient (Wildman–Crippen LogP) is 2.72. The summed E-state index contributed by atoms with van der Waals surface area (Å²) in [5.74, 6) is -1.15. The molecule has 1 fully saturated rings. The van der Waals surface area contributed by atoms with E-state index in [2.05, 4.69) is 5.32 Å². The van der Waals surface area contributed by atoms with Crippen molar-refractivity contribution in [2.75, 3.05) is 20.2 Å². The Morgan fingerprint density at radius 1 is 1.18 bits per heavy atom. The Morgan fingerprint density at radius 3 is 2.41 bits per heavy atom. The highest BCUT2D eigenvalue weighted by atomic mass is 32.2. The van der Waals surface area contributed by atoms with Crippen LogP contribution in [0.25, 0.3) is 0 Å². The highest BCUT2D eigenvalue weighted by Gasteiger charge is 2.34. The number of benzene rings is 2. The van der Waals surface area contributed by atoms with Gasteiger partial charge in [-0.05, 0) is 30.9 Å². The lowest BCUT2D eigenvalue weighted by molar-refractivity contribution is -0.385. The number of ether oxygens (including phenoxy) is 1. The van der Waals surface area contributed by atoms with E-state index in [0.29, 0.717) is 18.4 Å². The summed E-state index contributed by atoms with van der Waals surface area (Å²) in [5, 5.41) is 14.0. The number of piperidine rings is 1. The molecule has 1 aliphatic rings. The standard InChI is InChI=1S/C23H27N3O7S/c1-16-8-9-19(26(29)30)14-21(16)34(31,32)25-12-10-18(11-13-25)23(28)24-20(15-22(27)33-2)17-6-4-3-5-7-17/h3-9,14,18,20H,10-13,15H2,1-2H3,(H,24,28). The number of carbonyl (C=O) groups excluding carboxylic acids is 2. The van der Waals surface area contributed by atoms with E-state index in [4.69, 9.17) is 4.74 Å². The molecule has 10 nitrogen and oxygen atoms in total. The third-order valence-corrected chi connectivity index (χ3v) is 7.98. The maximum Gasteiger partial charge on any atom is 0.307 e. The SMILES string of the molecule is COC(=O)CC(NC(=O)C1CCN(S(=O)(=O)c2cc([N+](=O)[O-])ccc2C)CC1)c1ccccc1. The first kappa shape index (κ1) is 25.3. The van der Waals surface area contributed by atoms with E-state index in [1.165, 1.54) is 23.5 Å². The van der Waals surface area contributed by atoms with Gasteiger partial charge in [0.2, 0.25) is 15.9 Å². The minimum atomic E-state index is -3.95. The number of nitrogens with one attached hydrogen (secondary N) is 1.